The fourth-order valence-electron chi connectivity index (χ4n) is 5.12. The molecule has 172 valence electrons. The second-order valence-electron chi connectivity index (χ2n) is 8.80. The molecule has 1 atom stereocenters. The van der Waals surface area contributed by atoms with Gasteiger partial charge in [-0.1, -0.05) is 18.2 Å². The third kappa shape index (κ3) is 4.23. The lowest BCUT2D eigenvalue weighted by atomic mass is 9.91. The van der Waals surface area contributed by atoms with Crippen LogP contribution in [0.1, 0.15) is 42.1 Å². The van der Waals surface area contributed by atoms with Gasteiger partial charge in [-0.15, -0.1) is 0 Å². The topological polar surface area (TPSA) is 68.3 Å². The molecule has 5 rings (SSSR count). The summed E-state index contributed by atoms with van der Waals surface area (Å²) in [4.78, 5) is 16.5. The van der Waals surface area contributed by atoms with Gasteiger partial charge in [0.2, 0.25) is 5.91 Å². The zero-order valence-corrected chi connectivity index (χ0v) is 19.3. The second kappa shape index (κ2) is 9.32. The molecule has 6 nitrogen and oxygen atoms in total. The number of hydrogen-bond donors (Lipinski definition) is 2. The Balaban J connectivity index is 1.30. The molecule has 33 heavy (non-hydrogen) atoms. The minimum absolute atomic E-state index is 0.0303. The molecule has 1 aliphatic rings. The van der Waals surface area contributed by atoms with Crippen molar-refractivity contribution in [2.75, 3.05) is 20.8 Å². The molecule has 0 saturated heterocycles. The predicted octanol–water partition coefficient (Wildman–Crippen LogP) is 4.90. The molecular formula is C27H31N3O3. The van der Waals surface area contributed by atoms with Gasteiger partial charge < -0.3 is 24.3 Å². The molecule has 2 N–H and O–H groups in total. The summed E-state index contributed by atoms with van der Waals surface area (Å²) in [6.45, 7) is 1.47. The minimum atomic E-state index is 0.0303. The Morgan fingerprint density at radius 3 is 2.91 bits per heavy atom. The number of hydrogen-bond acceptors (Lipinski definition) is 3. The molecule has 0 radical (unpaired) electrons. The van der Waals surface area contributed by atoms with E-state index in [2.05, 4.69) is 57.5 Å². The van der Waals surface area contributed by atoms with E-state index in [1.165, 1.54) is 27.4 Å². The third-order valence-electron chi connectivity index (χ3n) is 6.78. The lowest BCUT2D eigenvalue weighted by molar-refractivity contribution is -0.121. The Labute approximate surface area is 193 Å². The van der Waals surface area contributed by atoms with Gasteiger partial charge in [0.05, 0.1) is 19.8 Å². The van der Waals surface area contributed by atoms with Crippen LogP contribution in [0, 0.1) is 0 Å². The number of carbonyl (C=O) groups is 1. The summed E-state index contributed by atoms with van der Waals surface area (Å²) in [6, 6.07) is 14.5. The van der Waals surface area contributed by atoms with Crippen LogP contribution in [0.4, 0.5) is 0 Å². The number of nitrogens with one attached hydrogen (secondary N) is 2. The highest BCUT2D eigenvalue weighted by molar-refractivity contribution is 5.87. The number of H-pyrrole nitrogens is 1. The number of methoxy groups -OCH3 is 2. The first-order valence-corrected chi connectivity index (χ1v) is 11.7. The second-order valence-corrected chi connectivity index (χ2v) is 8.80. The normalized spacial score (nSPS) is 15.6. The van der Waals surface area contributed by atoms with Crippen LogP contribution in [0.2, 0.25) is 0 Å². The number of aromatic nitrogens is 2. The summed E-state index contributed by atoms with van der Waals surface area (Å²) in [5.74, 6) is 0.956. The maximum atomic E-state index is 13.0. The number of fused-ring (bicyclic) bond motifs is 4. The maximum absolute atomic E-state index is 13.0. The first kappa shape index (κ1) is 21.6. The maximum Gasteiger partial charge on any atom is 0.220 e. The Morgan fingerprint density at radius 1 is 1.18 bits per heavy atom. The molecule has 6 heteroatoms. The van der Waals surface area contributed by atoms with Crippen molar-refractivity contribution in [3.05, 3.63) is 65.5 Å². The van der Waals surface area contributed by atoms with Crippen molar-refractivity contribution in [1.29, 1.82) is 0 Å². The molecule has 0 saturated carbocycles. The van der Waals surface area contributed by atoms with E-state index in [-0.39, 0.29) is 11.9 Å². The van der Waals surface area contributed by atoms with Crippen LogP contribution in [0.25, 0.3) is 21.8 Å². The van der Waals surface area contributed by atoms with E-state index in [1.807, 2.05) is 6.07 Å². The van der Waals surface area contributed by atoms with Crippen molar-refractivity contribution in [3.8, 4) is 5.75 Å². The molecule has 0 bridgehead atoms. The first-order valence-electron chi connectivity index (χ1n) is 11.7. The van der Waals surface area contributed by atoms with Gasteiger partial charge in [-0.25, -0.2) is 0 Å². The molecule has 2 heterocycles. The number of para-hydroxylation sites is 1. The smallest absolute Gasteiger partial charge is 0.220 e. The molecule has 0 fully saturated rings. The van der Waals surface area contributed by atoms with Crippen molar-refractivity contribution < 1.29 is 14.3 Å². The summed E-state index contributed by atoms with van der Waals surface area (Å²) >= 11 is 0. The fourth-order valence-corrected chi connectivity index (χ4v) is 5.12. The highest BCUT2D eigenvalue weighted by Gasteiger charge is 2.25. The largest absolute Gasteiger partial charge is 0.497 e. The number of nitrogens with zero attached hydrogens (tertiary/aromatic N) is 1. The monoisotopic (exact) mass is 445 g/mol. The molecular weight excluding hydrogens is 414 g/mol. The molecule has 0 spiro atoms. The molecule has 0 aliphatic heterocycles. The zero-order valence-electron chi connectivity index (χ0n) is 19.3. The SMILES string of the molecule is COCCn1cc(CCC(=O)NC2CCCc3c2[nH]c2ccc(OC)cc32)c2ccccc21. The van der Waals surface area contributed by atoms with E-state index in [4.69, 9.17) is 9.47 Å². The summed E-state index contributed by atoms with van der Waals surface area (Å²) in [6.07, 6.45) is 6.40. The molecule has 2 aromatic heterocycles. The lowest BCUT2D eigenvalue weighted by Gasteiger charge is -2.24. The number of ether oxygens (including phenoxy) is 2. The van der Waals surface area contributed by atoms with Gasteiger partial charge in [-0.05, 0) is 61.1 Å². The number of benzene rings is 2. The zero-order chi connectivity index (χ0) is 22.8. The molecule has 1 aliphatic carbocycles. The van der Waals surface area contributed by atoms with Crippen LogP contribution in [0.5, 0.6) is 5.75 Å². The van der Waals surface area contributed by atoms with Crippen LogP contribution < -0.4 is 10.1 Å². The van der Waals surface area contributed by atoms with Crippen molar-refractivity contribution in [3.63, 3.8) is 0 Å². The van der Waals surface area contributed by atoms with E-state index in [9.17, 15) is 4.79 Å². The Bertz CT molecular complexity index is 1290. The standard InChI is InChI=1S/C27H31N3O3/c1-32-15-14-30-17-18(20-6-3-4-9-25(20)30)10-13-26(31)28-24-8-5-7-21-22-16-19(33-2)11-12-23(22)29-27(21)24/h3-4,6,9,11-12,16-17,24,29H,5,7-8,10,13-15H2,1-2H3,(H,28,31). The van der Waals surface area contributed by atoms with E-state index < -0.39 is 0 Å². The van der Waals surface area contributed by atoms with Crippen LogP contribution in [-0.2, 0) is 28.9 Å². The van der Waals surface area contributed by atoms with E-state index in [0.717, 1.165) is 49.2 Å². The Kier molecular flexibility index (Phi) is 6.09. The van der Waals surface area contributed by atoms with Crippen LogP contribution >= 0.6 is 0 Å². The average Bonchev–Trinajstić information content (AvgIpc) is 3.40. The quantitative estimate of drug-likeness (QED) is 0.405. The first-order chi connectivity index (χ1) is 16.2. The van der Waals surface area contributed by atoms with Crippen LogP contribution in [-0.4, -0.2) is 36.3 Å². The third-order valence-corrected chi connectivity index (χ3v) is 6.78. The predicted molar refractivity (Wildman–Crippen MR) is 131 cm³/mol. The van der Waals surface area contributed by atoms with E-state index in [0.29, 0.717) is 13.0 Å². The van der Waals surface area contributed by atoms with Crippen molar-refractivity contribution in [2.45, 2.75) is 44.7 Å². The highest BCUT2D eigenvalue weighted by Crippen LogP contribution is 2.36. The van der Waals surface area contributed by atoms with Crippen molar-refractivity contribution in [1.82, 2.24) is 14.9 Å². The number of carbonyl (C=O) groups excluding carboxylic acids is 1. The fraction of sp³-hybridized carbons (Fsp3) is 0.370. The number of aryl methyl sites for hydroxylation is 2. The van der Waals surface area contributed by atoms with Gasteiger partial charge in [0.15, 0.2) is 0 Å². The molecule has 1 unspecified atom stereocenters. The summed E-state index contributed by atoms with van der Waals surface area (Å²) in [5.41, 5.74) is 5.95. The van der Waals surface area contributed by atoms with Gasteiger partial charge >= 0.3 is 0 Å². The van der Waals surface area contributed by atoms with Crippen molar-refractivity contribution in [2.24, 2.45) is 0 Å². The van der Waals surface area contributed by atoms with Crippen LogP contribution in [0.15, 0.2) is 48.7 Å². The summed E-state index contributed by atoms with van der Waals surface area (Å²) in [7, 11) is 3.41. The highest BCUT2D eigenvalue weighted by atomic mass is 16.5. The number of rotatable bonds is 8. The molecule has 2 aromatic carbocycles. The molecule has 1 amide bonds. The summed E-state index contributed by atoms with van der Waals surface area (Å²) in [5, 5.41) is 5.71. The lowest BCUT2D eigenvalue weighted by Crippen LogP contribution is -2.31. The van der Waals surface area contributed by atoms with Gasteiger partial charge in [0.1, 0.15) is 5.75 Å². The van der Waals surface area contributed by atoms with Gasteiger partial charge in [-0.3, -0.25) is 4.79 Å². The van der Waals surface area contributed by atoms with Gasteiger partial charge in [0.25, 0.3) is 0 Å². The van der Waals surface area contributed by atoms with Gasteiger partial charge in [0, 0.05) is 53.8 Å². The van der Waals surface area contributed by atoms with Gasteiger partial charge in [-0.2, -0.15) is 0 Å². The average molecular weight is 446 g/mol. The Hall–Kier alpha value is -3.25. The number of aromatic amines is 1. The van der Waals surface area contributed by atoms with E-state index >= 15 is 0 Å². The Morgan fingerprint density at radius 2 is 2.06 bits per heavy atom. The van der Waals surface area contributed by atoms with Crippen molar-refractivity contribution >= 4 is 27.7 Å². The van der Waals surface area contributed by atoms with E-state index in [1.54, 1.807) is 14.2 Å². The van der Waals surface area contributed by atoms with Crippen LogP contribution in [0.3, 0.4) is 0 Å². The summed E-state index contributed by atoms with van der Waals surface area (Å²) < 4.78 is 12.9. The number of amides is 1. The minimum Gasteiger partial charge on any atom is -0.497 e. The molecule has 4 aromatic rings.